The summed E-state index contributed by atoms with van der Waals surface area (Å²) in [4.78, 5) is 43.4. The van der Waals surface area contributed by atoms with E-state index in [1.54, 1.807) is 18.2 Å². The normalized spacial score (nSPS) is 19.0. The van der Waals surface area contributed by atoms with Gasteiger partial charge in [0, 0.05) is 45.0 Å². The van der Waals surface area contributed by atoms with E-state index in [2.05, 4.69) is 10.6 Å². The number of nitrogens with one attached hydrogen (secondary N) is 2. The molecule has 0 bridgehead atoms. The molecule has 180 valence electrons. The molecular formula is C24H27F2N5O3. The minimum Gasteiger partial charge on any atom is -0.367 e. The van der Waals surface area contributed by atoms with Crippen LogP contribution >= 0.6 is 0 Å². The maximum atomic E-state index is 14.1. The number of anilines is 2. The minimum atomic E-state index is -0.915. The molecule has 2 aromatic carbocycles. The average Bonchev–Trinajstić information content (AvgIpc) is 2.83. The molecule has 2 heterocycles. The van der Waals surface area contributed by atoms with Gasteiger partial charge in [-0.05, 0) is 36.4 Å². The van der Waals surface area contributed by atoms with E-state index in [-0.39, 0.29) is 30.6 Å². The highest BCUT2D eigenvalue weighted by molar-refractivity contribution is 5.97. The molecule has 0 aromatic heterocycles. The summed E-state index contributed by atoms with van der Waals surface area (Å²) in [7, 11) is 0. The molecular weight excluding hydrogens is 444 g/mol. The van der Waals surface area contributed by atoms with Crippen molar-refractivity contribution < 1.29 is 23.2 Å². The maximum Gasteiger partial charge on any atom is 0.243 e. The molecule has 0 aliphatic carbocycles. The van der Waals surface area contributed by atoms with Gasteiger partial charge >= 0.3 is 0 Å². The molecule has 2 saturated heterocycles. The van der Waals surface area contributed by atoms with Crippen molar-refractivity contribution in [3.05, 3.63) is 60.2 Å². The zero-order chi connectivity index (χ0) is 24.1. The molecule has 34 heavy (non-hydrogen) atoms. The molecule has 2 aliphatic heterocycles. The Labute approximate surface area is 196 Å². The van der Waals surface area contributed by atoms with Crippen molar-refractivity contribution in [2.75, 3.05) is 56.0 Å². The summed E-state index contributed by atoms with van der Waals surface area (Å²) < 4.78 is 27.1. The quantitative estimate of drug-likeness (QED) is 0.666. The van der Waals surface area contributed by atoms with E-state index in [1.807, 2.05) is 9.80 Å². The van der Waals surface area contributed by atoms with Crippen molar-refractivity contribution in [2.24, 2.45) is 0 Å². The Balaban J connectivity index is 1.32. The van der Waals surface area contributed by atoms with Crippen LogP contribution in [0.3, 0.4) is 0 Å². The van der Waals surface area contributed by atoms with Gasteiger partial charge in [-0.15, -0.1) is 0 Å². The fourth-order valence-electron chi connectivity index (χ4n) is 4.27. The zero-order valence-electron chi connectivity index (χ0n) is 18.7. The Bertz CT molecular complexity index is 1040. The van der Waals surface area contributed by atoms with Crippen molar-refractivity contribution in [3.63, 3.8) is 0 Å². The average molecular weight is 472 g/mol. The van der Waals surface area contributed by atoms with Crippen LogP contribution in [-0.4, -0.2) is 79.4 Å². The van der Waals surface area contributed by atoms with Gasteiger partial charge in [0.2, 0.25) is 17.7 Å². The highest BCUT2D eigenvalue weighted by Crippen LogP contribution is 2.20. The van der Waals surface area contributed by atoms with Gasteiger partial charge < -0.3 is 20.4 Å². The molecule has 4 rings (SSSR count). The number of hydrogen-bond donors (Lipinski definition) is 2. The Morgan fingerprint density at radius 1 is 0.971 bits per heavy atom. The van der Waals surface area contributed by atoms with Crippen molar-refractivity contribution in [1.82, 2.24) is 15.1 Å². The van der Waals surface area contributed by atoms with Crippen LogP contribution in [0.15, 0.2) is 48.5 Å². The van der Waals surface area contributed by atoms with Gasteiger partial charge in [-0.25, -0.2) is 8.78 Å². The van der Waals surface area contributed by atoms with Gasteiger partial charge in [0.1, 0.15) is 17.7 Å². The predicted octanol–water partition coefficient (Wildman–Crippen LogP) is 1.44. The van der Waals surface area contributed by atoms with E-state index in [0.717, 1.165) is 0 Å². The van der Waals surface area contributed by atoms with Gasteiger partial charge in [0.25, 0.3) is 0 Å². The number of halogens is 2. The summed E-state index contributed by atoms with van der Waals surface area (Å²) in [5.41, 5.74) is 0.960. The lowest BCUT2D eigenvalue weighted by molar-refractivity contribution is -0.145. The highest BCUT2D eigenvalue weighted by atomic mass is 19.1. The largest absolute Gasteiger partial charge is 0.367 e. The van der Waals surface area contributed by atoms with E-state index in [1.165, 1.54) is 35.2 Å². The van der Waals surface area contributed by atoms with E-state index in [4.69, 9.17) is 0 Å². The molecule has 0 saturated carbocycles. The summed E-state index contributed by atoms with van der Waals surface area (Å²) in [5.74, 6) is -1.73. The molecule has 2 N–H and O–H groups in total. The first-order valence-electron chi connectivity index (χ1n) is 11.2. The second-order valence-electron chi connectivity index (χ2n) is 8.37. The topological polar surface area (TPSA) is 85.0 Å². The van der Waals surface area contributed by atoms with Gasteiger partial charge in [0.05, 0.1) is 18.7 Å². The number of benzene rings is 2. The monoisotopic (exact) mass is 471 g/mol. The van der Waals surface area contributed by atoms with E-state index < -0.39 is 17.8 Å². The van der Waals surface area contributed by atoms with Crippen LogP contribution in [0.25, 0.3) is 0 Å². The number of hydrogen-bond acceptors (Lipinski definition) is 5. The molecule has 2 aliphatic rings. The third kappa shape index (κ3) is 5.69. The van der Waals surface area contributed by atoms with Crippen LogP contribution in [0.4, 0.5) is 20.2 Å². The third-order valence-corrected chi connectivity index (χ3v) is 6.08. The number of carbonyl (C=O) groups is 3. The van der Waals surface area contributed by atoms with Crippen molar-refractivity contribution in [2.45, 2.75) is 12.5 Å². The van der Waals surface area contributed by atoms with Crippen LogP contribution in [-0.2, 0) is 14.4 Å². The summed E-state index contributed by atoms with van der Waals surface area (Å²) in [5, 5.41) is 5.34. The van der Waals surface area contributed by atoms with Crippen molar-refractivity contribution in [1.29, 1.82) is 0 Å². The smallest absolute Gasteiger partial charge is 0.243 e. The molecule has 2 fully saturated rings. The van der Waals surface area contributed by atoms with Crippen LogP contribution in [0, 0.1) is 11.6 Å². The number of para-hydroxylation sites is 1. The van der Waals surface area contributed by atoms with Crippen molar-refractivity contribution in [3.8, 4) is 0 Å². The maximum absolute atomic E-state index is 14.1. The lowest BCUT2D eigenvalue weighted by atomic mass is 10.1. The van der Waals surface area contributed by atoms with Crippen LogP contribution in [0.5, 0.6) is 0 Å². The molecule has 10 heteroatoms. The van der Waals surface area contributed by atoms with E-state index in [0.29, 0.717) is 50.6 Å². The Hall–Kier alpha value is -3.53. The fraction of sp³-hybridized carbons (Fsp3) is 0.375. The molecule has 0 radical (unpaired) electrons. The van der Waals surface area contributed by atoms with Crippen LogP contribution in [0.1, 0.15) is 6.42 Å². The molecule has 0 spiro atoms. The summed E-state index contributed by atoms with van der Waals surface area (Å²) >= 11 is 0. The Morgan fingerprint density at radius 3 is 2.38 bits per heavy atom. The van der Waals surface area contributed by atoms with Gasteiger partial charge in [-0.1, -0.05) is 12.1 Å². The van der Waals surface area contributed by atoms with Crippen LogP contribution in [0.2, 0.25) is 0 Å². The predicted molar refractivity (Wildman–Crippen MR) is 123 cm³/mol. The molecule has 1 atom stereocenters. The number of amides is 3. The second kappa shape index (κ2) is 10.6. The number of carbonyl (C=O) groups excluding carboxylic acids is 3. The summed E-state index contributed by atoms with van der Waals surface area (Å²) in [6.07, 6.45) is -0.198. The minimum absolute atomic E-state index is 0.120. The van der Waals surface area contributed by atoms with E-state index in [9.17, 15) is 23.2 Å². The first-order chi connectivity index (χ1) is 16.4. The molecule has 2 aromatic rings. The fourth-order valence-corrected chi connectivity index (χ4v) is 4.27. The number of piperazine rings is 2. The number of nitrogens with zero attached hydrogens (tertiary/aromatic N) is 3. The first kappa shape index (κ1) is 23.6. The standard InChI is InChI=1S/C24H27F2N5O3/c25-17-5-7-18(8-6-17)28-22(32)15-21-24(34)27-9-10-31(21)23(33)16-29-11-13-30(14-12-29)20-4-2-1-3-19(20)26/h1-8,21H,9-16H2,(H,27,34)(H,28,32)/t21-/m1/s1. The van der Waals surface area contributed by atoms with Crippen LogP contribution < -0.4 is 15.5 Å². The lowest BCUT2D eigenvalue weighted by Crippen LogP contribution is -2.60. The van der Waals surface area contributed by atoms with Gasteiger partial charge in [-0.2, -0.15) is 0 Å². The first-order valence-corrected chi connectivity index (χ1v) is 11.2. The van der Waals surface area contributed by atoms with Gasteiger partial charge in [-0.3, -0.25) is 19.3 Å². The molecule has 0 unspecified atom stereocenters. The third-order valence-electron chi connectivity index (χ3n) is 6.08. The van der Waals surface area contributed by atoms with Crippen molar-refractivity contribution >= 4 is 29.1 Å². The molecule has 8 nitrogen and oxygen atoms in total. The SMILES string of the molecule is O=C(C[C@@H]1C(=O)NCCN1C(=O)CN1CCN(c2ccccc2F)CC1)Nc1ccc(F)cc1. The summed E-state index contributed by atoms with van der Waals surface area (Å²) in [6.45, 7) is 3.08. The Kier molecular flexibility index (Phi) is 7.36. The molecule has 3 amide bonds. The summed E-state index contributed by atoms with van der Waals surface area (Å²) in [6, 6.07) is 11.0. The zero-order valence-corrected chi connectivity index (χ0v) is 18.7. The lowest BCUT2D eigenvalue weighted by Gasteiger charge is -2.39. The van der Waals surface area contributed by atoms with E-state index >= 15 is 0 Å². The second-order valence-corrected chi connectivity index (χ2v) is 8.37. The van der Waals surface area contributed by atoms with Gasteiger partial charge in [0.15, 0.2) is 0 Å². The Morgan fingerprint density at radius 2 is 1.68 bits per heavy atom. The highest BCUT2D eigenvalue weighted by Gasteiger charge is 2.35. The number of rotatable bonds is 6.